The second-order valence-electron chi connectivity index (χ2n) is 7.13. The third-order valence-corrected chi connectivity index (χ3v) is 4.95. The smallest absolute Gasteiger partial charge is 0.226 e. The van der Waals surface area contributed by atoms with Gasteiger partial charge in [-0.25, -0.2) is 0 Å². The summed E-state index contributed by atoms with van der Waals surface area (Å²) in [5, 5.41) is 5.56. The fourth-order valence-corrected chi connectivity index (χ4v) is 4.26. The molecule has 2 aromatic rings. The van der Waals surface area contributed by atoms with E-state index in [2.05, 4.69) is 35.6 Å². The van der Waals surface area contributed by atoms with E-state index in [1.54, 1.807) is 0 Å². The van der Waals surface area contributed by atoms with Crippen molar-refractivity contribution in [2.45, 2.75) is 44.5 Å². The minimum Gasteiger partial charge on any atom is -0.349 e. The Labute approximate surface area is 136 Å². The molecule has 1 aliphatic rings. The van der Waals surface area contributed by atoms with Crippen molar-refractivity contribution in [2.75, 3.05) is 0 Å². The first-order valence-electron chi connectivity index (χ1n) is 7.78. The molecule has 1 N–H and O–H groups in total. The minimum atomic E-state index is -0.332. The van der Waals surface area contributed by atoms with Gasteiger partial charge in [-0.05, 0) is 49.1 Å². The Bertz CT molecular complexity index is 714. The zero-order valence-corrected chi connectivity index (χ0v) is 14.1. The third-order valence-electron chi connectivity index (χ3n) is 4.69. The van der Waals surface area contributed by atoms with E-state index in [-0.39, 0.29) is 22.2 Å². The highest BCUT2D eigenvalue weighted by Crippen LogP contribution is 2.52. The maximum atomic E-state index is 12.5. The maximum Gasteiger partial charge on any atom is 0.226 e. The van der Waals surface area contributed by atoms with Crippen molar-refractivity contribution in [3.8, 4) is 0 Å². The highest BCUT2D eigenvalue weighted by atomic mass is 35.5. The number of carbonyl (C=O) groups is 1. The largest absolute Gasteiger partial charge is 0.349 e. The van der Waals surface area contributed by atoms with Crippen LogP contribution >= 0.6 is 11.6 Å². The topological polar surface area (TPSA) is 29.1 Å². The fourth-order valence-electron chi connectivity index (χ4n) is 3.67. The van der Waals surface area contributed by atoms with Gasteiger partial charge in [0.25, 0.3) is 0 Å². The van der Waals surface area contributed by atoms with E-state index in [9.17, 15) is 4.79 Å². The second kappa shape index (κ2) is 5.27. The Morgan fingerprint density at radius 1 is 1.14 bits per heavy atom. The van der Waals surface area contributed by atoms with Crippen LogP contribution in [0.3, 0.4) is 0 Å². The van der Waals surface area contributed by atoms with Gasteiger partial charge in [0.05, 0.1) is 6.04 Å². The molecule has 0 aromatic heterocycles. The van der Waals surface area contributed by atoms with Gasteiger partial charge in [-0.15, -0.1) is 11.6 Å². The van der Waals surface area contributed by atoms with E-state index in [1.807, 2.05) is 32.9 Å². The van der Waals surface area contributed by atoms with Crippen LogP contribution < -0.4 is 5.32 Å². The SMILES string of the molecule is CC(NC(=O)[C@]1(C)C[C@@](C)(Cl)C1)c1ccc2ccccc2c1. The van der Waals surface area contributed by atoms with E-state index in [1.165, 1.54) is 10.8 Å². The van der Waals surface area contributed by atoms with Gasteiger partial charge in [-0.3, -0.25) is 4.79 Å². The molecule has 1 atom stereocenters. The lowest BCUT2D eigenvalue weighted by molar-refractivity contribution is -0.137. The maximum absolute atomic E-state index is 12.5. The van der Waals surface area contributed by atoms with Crippen LogP contribution in [0.2, 0.25) is 0 Å². The number of amides is 1. The molecule has 3 rings (SSSR count). The number of benzene rings is 2. The zero-order valence-electron chi connectivity index (χ0n) is 13.3. The quantitative estimate of drug-likeness (QED) is 0.809. The number of carbonyl (C=O) groups excluding carboxylic acids is 1. The number of hydrogen-bond acceptors (Lipinski definition) is 1. The second-order valence-corrected chi connectivity index (χ2v) is 8.04. The number of fused-ring (bicyclic) bond motifs is 1. The average Bonchev–Trinajstić information content (AvgIpc) is 2.44. The number of nitrogens with one attached hydrogen (secondary N) is 1. The van der Waals surface area contributed by atoms with Crippen LogP contribution in [0.5, 0.6) is 0 Å². The molecule has 22 heavy (non-hydrogen) atoms. The molecule has 1 unspecified atom stereocenters. The Balaban J connectivity index is 1.73. The van der Waals surface area contributed by atoms with E-state index < -0.39 is 0 Å². The molecule has 1 amide bonds. The van der Waals surface area contributed by atoms with E-state index in [0.29, 0.717) is 0 Å². The highest BCUT2D eigenvalue weighted by Gasteiger charge is 2.52. The predicted molar refractivity (Wildman–Crippen MR) is 92.1 cm³/mol. The van der Waals surface area contributed by atoms with Crippen LogP contribution in [0.25, 0.3) is 10.8 Å². The summed E-state index contributed by atoms with van der Waals surface area (Å²) in [6.07, 6.45) is 1.47. The Kier molecular flexibility index (Phi) is 3.68. The number of rotatable bonds is 3. The monoisotopic (exact) mass is 315 g/mol. The molecule has 0 radical (unpaired) electrons. The molecule has 0 heterocycles. The van der Waals surface area contributed by atoms with Crippen molar-refractivity contribution in [1.29, 1.82) is 0 Å². The van der Waals surface area contributed by atoms with Crippen molar-refractivity contribution >= 4 is 28.3 Å². The molecule has 1 fully saturated rings. The minimum absolute atomic E-state index is 0.00360. The summed E-state index contributed by atoms with van der Waals surface area (Å²) in [6, 6.07) is 14.6. The number of hydrogen-bond donors (Lipinski definition) is 1. The molecule has 0 bridgehead atoms. The van der Waals surface area contributed by atoms with Crippen molar-refractivity contribution in [3.05, 3.63) is 48.0 Å². The number of halogens is 1. The van der Waals surface area contributed by atoms with E-state index >= 15 is 0 Å². The highest BCUT2D eigenvalue weighted by molar-refractivity contribution is 6.25. The molecule has 1 saturated carbocycles. The fraction of sp³-hybridized carbons (Fsp3) is 0.421. The molecule has 116 valence electrons. The summed E-state index contributed by atoms with van der Waals surface area (Å²) in [4.78, 5) is 12.3. The number of alkyl halides is 1. The van der Waals surface area contributed by atoms with Gasteiger partial charge in [0.1, 0.15) is 0 Å². The summed E-state index contributed by atoms with van der Waals surface area (Å²) < 4.78 is 0. The van der Waals surface area contributed by atoms with Gasteiger partial charge in [-0.1, -0.05) is 43.3 Å². The Morgan fingerprint density at radius 3 is 2.41 bits per heavy atom. The zero-order chi connectivity index (χ0) is 16.0. The summed E-state index contributed by atoms with van der Waals surface area (Å²) in [6.45, 7) is 6.03. The van der Waals surface area contributed by atoms with Crippen molar-refractivity contribution in [2.24, 2.45) is 5.41 Å². The van der Waals surface area contributed by atoms with Gasteiger partial charge >= 0.3 is 0 Å². The van der Waals surface area contributed by atoms with E-state index in [4.69, 9.17) is 11.6 Å². The van der Waals surface area contributed by atoms with Crippen molar-refractivity contribution < 1.29 is 4.79 Å². The summed E-state index contributed by atoms with van der Waals surface area (Å²) in [5.74, 6) is 0.103. The van der Waals surface area contributed by atoms with Gasteiger partial charge in [0.15, 0.2) is 0 Å². The standard InChI is InChI=1S/C19H22ClNO/c1-13(21-17(22)18(2)11-19(3,20)12-18)15-9-8-14-6-4-5-7-16(14)10-15/h4-10,13H,11-12H2,1-3H3,(H,21,22)/t13?,18-,19-. The molecular formula is C19H22ClNO. The lowest BCUT2D eigenvalue weighted by Crippen LogP contribution is -2.53. The lowest BCUT2D eigenvalue weighted by atomic mass is 9.62. The molecule has 0 spiro atoms. The van der Waals surface area contributed by atoms with Crippen LogP contribution in [-0.4, -0.2) is 10.8 Å². The molecule has 0 aliphatic heterocycles. The normalized spacial score (nSPS) is 28.9. The van der Waals surface area contributed by atoms with Crippen LogP contribution in [0.4, 0.5) is 0 Å². The van der Waals surface area contributed by atoms with Crippen LogP contribution in [0.1, 0.15) is 45.2 Å². The van der Waals surface area contributed by atoms with Crippen molar-refractivity contribution in [1.82, 2.24) is 5.32 Å². The summed E-state index contributed by atoms with van der Waals surface area (Å²) >= 11 is 6.27. The molecular weight excluding hydrogens is 294 g/mol. The van der Waals surface area contributed by atoms with Gasteiger partial charge in [0, 0.05) is 10.3 Å². The van der Waals surface area contributed by atoms with E-state index in [0.717, 1.165) is 18.4 Å². The first-order chi connectivity index (χ1) is 10.3. The average molecular weight is 316 g/mol. The Hall–Kier alpha value is -1.54. The van der Waals surface area contributed by atoms with Gasteiger partial charge in [0.2, 0.25) is 5.91 Å². The summed E-state index contributed by atoms with van der Waals surface area (Å²) in [5.41, 5.74) is 0.797. The van der Waals surface area contributed by atoms with Crippen molar-refractivity contribution in [3.63, 3.8) is 0 Å². The molecule has 2 nitrogen and oxygen atoms in total. The predicted octanol–water partition coefficient (Wildman–Crippen LogP) is 4.81. The lowest BCUT2D eigenvalue weighted by Gasteiger charge is -2.48. The Morgan fingerprint density at radius 2 is 1.77 bits per heavy atom. The molecule has 0 saturated heterocycles. The van der Waals surface area contributed by atoms with Crippen LogP contribution in [0, 0.1) is 5.41 Å². The van der Waals surface area contributed by atoms with Gasteiger partial charge < -0.3 is 5.32 Å². The van der Waals surface area contributed by atoms with Crippen LogP contribution in [-0.2, 0) is 4.79 Å². The molecule has 3 heteroatoms. The molecule has 2 aromatic carbocycles. The molecule has 1 aliphatic carbocycles. The first kappa shape index (κ1) is 15.4. The van der Waals surface area contributed by atoms with Gasteiger partial charge in [-0.2, -0.15) is 0 Å². The van der Waals surface area contributed by atoms with Crippen LogP contribution in [0.15, 0.2) is 42.5 Å². The summed E-state index contributed by atoms with van der Waals surface area (Å²) in [7, 11) is 0. The third kappa shape index (κ3) is 2.85. The first-order valence-corrected chi connectivity index (χ1v) is 8.16.